The first-order valence-electron chi connectivity index (χ1n) is 11.9. The lowest BCUT2D eigenvalue weighted by molar-refractivity contribution is -0.120. The fraction of sp³-hybridized carbons (Fsp3) is 0.296. The van der Waals surface area contributed by atoms with E-state index in [1.807, 2.05) is 31.2 Å². The number of aliphatic hydroxyl groups is 1. The highest BCUT2D eigenvalue weighted by atomic mass is 35.5. The number of hydrogen-bond acceptors (Lipinski definition) is 6. The Morgan fingerprint density at radius 3 is 2.34 bits per heavy atom. The third-order valence-electron chi connectivity index (χ3n) is 5.67. The highest BCUT2D eigenvalue weighted by Gasteiger charge is 2.14. The molecule has 3 aromatic carbocycles. The van der Waals surface area contributed by atoms with Gasteiger partial charge in [0.1, 0.15) is 5.75 Å². The molecule has 38 heavy (non-hydrogen) atoms. The van der Waals surface area contributed by atoms with Crippen LogP contribution in [0, 0.1) is 0 Å². The normalized spacial score (nSPS) is 13.1. The molecule has 8 nitrogen and oxygen atoms in total. The van der Waals surface area contributed by atoms with Crippen molar-refractivity contribution in [1.82, 2.24) is 10.6 Å². The molecule has 0 saturated carbocycles. The highest BCUT2D eigenvalue weighted by molar-refractivity contribution is 7.92. The third kappa shape index (κ3) is 9.81. The van der Waals surface area contributed by atoms with Gasteiger partial charge < -0.3 is 20.8 Å². The van der Waals surface area contributed by atoms with Gasteiger partial charge in [-0.1, -0.05) is 53.5 Å². The van der Waals surface area contributed by atoms with E-state index in [1.54, 1.807) is 18.2 Å². The molecule has 0 spiro atoms. The minimum atomic E-state index is -3.58. The van der Waals surface area contributed by atoms with E-state index in [-0.39, 0.29) is 36.4 Å². The van der Waals surface area contributed by atoms with Crippen molar-refractivity contribution in [2.75, 3.05) is 17.5 Å². The minimum absolute atomic E-state index is 0.00651. The Hall–Kier alpha value is -2.82. The standard InChI is InChI=1S/C27H31Cl2N3O5S/c1-17(30-16-26(34)21-6-7-25(33)24(13-21)32-38(2,36)37)8-18-4-3-5-19(9-18)12-27(35)31-15-20-10-22(28)14-23(29)11-20/h3-7,9-11,13-14,17,26,30,32-34H,8,12,15-16H2,1-2H3,(H,31,35)/t17-,26-/m1/s1. The zero-order valence-electron chi connectivity index (χ0n) is 21.0. The lowest BCUT2D eigenvalue weighted by atomic mass is 10.0. The summed E-state index contributed by atoms with van der Waals surface area (Å²) in [6.45, 7) is 2.53. The fourth-order valence-electron chi connectivity index (χ4n) is 3.93. The molecular weight excluding hydrogens is 549 g/mol. The van der Waals surface area contributed by atoms with Crippen LogP contribution in [0.5, 0.6) is 5.75 Å². The van der Waals surface area contributed by atoms with Crippen molar-refractivity contribution in [3.63, 3.8) is 0 Å². The Morgan fingerprint density at radius 1 is 0.974 bits per heavy atom. The Bertz CT molecular complexity index is 1360. The zero-order valence-corrected chi connectivity index (χ0v) is 23.4. The first-order valence-corrected chi connectivity index (χ1v) is 14.5. The van der Waals surface area contributed by atoms with Gasteiger partial charge in [-0.05, 0) is 65.9 Å². The molecule has 0 radical (unpaired) electrons. The van der Waals surface area contributed by atoms with Gasteiger partial charge in [-0.25, -0.2) is 8.42 Å². The van der Waals surface area contributed by atoms with Crippen LogP contribution in [0.1, 0.15) is 35.3 Å². The average Bonchev–Trinajstić information content (AvgIpc) is 2.81. The van der Waals surface area contributed by atoms with Crippen molar-refractivity contribution in [2.24, 2.45) is 0 Å². The second-order valence-electron chi connectivity index (χ2n) is 9.23. The second kappa shape index (κ2) is 13.3. The van der Waals surface area contributed by atoms with E-state index in [4.69, 9.17) is 23.2 Å². The largest absolute Gasteiger partial charge is 0.506 e. The quantitative estimate of drug-likeness (QED) is 0.205. The Balaban J connectivity index is 1.50. The van der Waals surface area contributed by atoms with Crippen molar-refractivity contribution in [3.8, 4) is 5.75 Å². The van der Waals surface area contributed by atoms with Crippen molar-refractivity contribution in [2.45, 2.75) is 38.5 Å². The predicted octanol–water partition coefficient (Wildman–Crippen LogP) is 4.18. The summed E-state index contributed by atoms with van der Waals surface area (Å²) >= 11 is 12.0. The van der Waals surface area contributed by atoms with E-state index in [2.05, 4.69) is 15.4 Å². The lowest BCUT2D eigenvalue weighted by Gasteiger charge is -2.19. The maximum absolute atomic E-state index is 12.5. The molecule has 0 heterocycles. The maximum Gasteiger partial charge on any atom is 0.229 e. The smallest absolute Gasteiger partial charge is 0.229 e. The van der Waals surface area contributed by atoms with Gasteiger partial charge in [0.05, 0.1) is 24.5 Å². The summed E-state index contributed by atoms with van der Waals surface area (Å²) < 4.78 is 25.2. The number of nitrogens with one attached hydrogen (secondary N) is 3. The average molecular weight is 581 g/mol. The lowest BCUT2D eigenvalue weighted by Crippen LogP contribution is -2.32. The first-order chi connectivity index (χ1) is 17.9. The molecule has 3 aromatic rings. The molecular formula is C27H31Cl2N3O5S. The Kier molecular flexibility index (Phi) is 10.4. The molecule has 0 unspecified atom stereocenters. The van der Waals surface area contributed by atoms with Gasteiger partial charge in [0.25, 0.3) is 0 Å². The van der Waals surface area contributed by atoms with Crippen molar-refractivity contribution >= 4 is 44.8 Å². The Morgan fingerprint density at radius 2 is 1.66 bits per heavy atom. The molecule has 204 valence electrons. The molecule has 0 aliphatic carbocycles. The van der Waals surface area contributed by atoms with Crippen LogP contribution in [-0.2, 0) is 34.2 Å². The number of rotatable bonds is 12. The number of anilines is 1. The molecule has 0 aliphatic rings. The molecule has 11 heteroatoms. The first kappa shape index (κ1) is 29.7. The fourth-order valence-corrected chi connectivity index (χ4v) is 5.06. The van der Waals surface area contributed by atoms with Crippen LogP contribution in [0.15, 0.2) is 60.7 Å². The number of sulfonamides is 1. The van der Waals surface area contributed by atoms with E-state index < -0.39 is 16.1 Å². The van der Waals surface area contributed by atoms with Crippen molar-refractivity contribution < 1.29 is 23.4 Å². The van der Waals surface area contributed by atoms with Crippen LogP contribution in [-0.4, -0.2) is 43.4 Å². The number of phenols is 1. The third-order valence-corrected chi connectivity index (χ3v) is 6.70. The van der Waals surface area contributed by atoms with E-state index in [1.165, 1.54) is 18.2 Å². The molecule has 0 saturated heterocycles. The molecule has 5 N–H and O–H groups in total. The van der Waals surface area contributed by atoms with Crippen LogP contribution in [0.25, 0.3) is 0 Å². The summed E-state index contributed by atoms with van der Waals surface area (Å²) in [5.41, 5.74) is 3.21. The number of benzene rings is 3. The summed E-state index contributed by atoms with van der Waals surface area (Å²) in [6.07, 6.45) is 0.965. The molecule has 0 fully saturated rings. The van der Waals surface area contributed by atoms with Gasteiger partial charge in [-0.3, -0.25) is 9.52 Å². The van der Waals surface area contributed by atoms with Gasteiger partial charge in [-0.2, -0.15) is 0 Å². The van der Waals surface area contributed by atoms with Gasteiger partial charge in [-0.15, -0.1) is 0 Å². The number of carbonyl (C=O) groups excluding carboxylic acids is 1. The Labute approximate surface area is 233 Å². The van der Waals surface area contributed by atoms with Gasteiger partial charge in [0, 0.05) is 29.2 Å². The van der Waals surface area contributed by atoms with Gasteiger partial charge in [0.2, 0.25) is 15.9 Å². The number of amides is 1. The molecule has 0 aliphatic heterocycles. The summed E-state index contributed by atoms with van der Waals surface area (Å²) in [4.78, 5) is 12.5. The van der Waals surface area contributed by atoms with Crippen molar-refractivity contribution in [1.29, 1.82) is 0 Å². The predicted molar refractivity (Wildman–Crippen MR) is 151 cm³/mol. The summed E-state index contributed by atoms with van der Waals surface area (Å²) in [6, 6.07) is 17.2. The summed E-state index contributed by atoms with van der Waals surface area (Å²) in [7, 11) is -3.58. The van der Waals surface area contributed by atoms with Gasteiger partial charge in [0.15, 0.2) is 0 Å². The zero-order chi connectivity index (χ0) is 27.9. The molecule has 0 aromatic heterocycles. The summed E-state index contributed by atoms with van der Waals surface area (Å²) in [5.74, 6) is -0.346. The number of phenolic OH excluding ortho intramolecular Hbond substituents is 1. The van der Waals surface area contributed by atoms with Crippen LogP contribution in [0.2, 0.25) is 10.0 Å². The SMILES string of the molecule is C[C@H](Cc1cccc(CC(=O)NCc2cc(Cl)cc(Cl)c2)c1)NC[C@@H](O)c1ccc(O)c(NS(C)(=O)=O)c1. The molecule has 0 bridgehead atoms. The van der Waals surface area contributed by atoms with Gasteiger partial charge >= 0.3 is 0 Å². The number of hydrogen-bond donors (Lipinski definition) is 5. The van der Waals surface area contributed by atoms with Crippen LogP contribution in [0.4, 0.5) is 5.69 Å². The number of halogens is 2. The van der Waals surface area contributed by atoms with E-state index in [0.29, 0.717) is 28.6 Å². The van der Waals surface area contributed by atoms with E-state index in [9.17, 15) is 23.4 Å². The number of aliphatic hydroxyl groups excluding tert-OH is 1. The van der Waals surface area contributed by atoms with Crippen molar-refractivity contribution in [3.05, 3.63) is 93.0 Å². The van der Waals surface area contributed by atoms with E-state index in [0.717, 1.165) is 22.9 Å². The number of carbonyl (C=O) groups is 1. The monoisotopic (exact) mass is 579 g/mol. The highest BCUT2D eigenvalue weighted by Crippen LogP contribution is 2.28. The van der Waals surface area contributed by atoms with Crippen LogP contribution >= 0.6 is 23.2 Å². The maximum atomic E-state index is 12.5. The second-order valence-corrected chi connectivity index (χ2v) is 11.9. The molecule has 1 amide bonds. The molecule has 3 rings (SSSR count). The number of aromatic hydroxyl groups is 1. The van der Waals surface area contributed by atoms with Crippen LogP contribution in [0.3, 0.4) is 0 Å². The molecule has 2 atom stereocenters. The topological polar surface area (TPSA) is 128 Å². The minimum Gasteiger partial charge on any atom is -0.506 e. The van der Waals surface area contributed by atoms with E-state index >= 15 is 0 Å². The van der Waals surface area contributed by atoms with Crippen LogP contribution < -0.4 is 15.4 Å². The summed E-state index contributed by atoms with van der Waals surface area (Å²) in [5, 5.41) is 27.6.